The van der Waals surface area contributed by atoms with Gasteiger partial charge in [0, 0.05) is 6.07 Å². The molecule has 104 valence electrons. The highest BCUT2D eigenvalue weighted by Gasteiger charge is 2.09. The zero-order valence-electron chi connectivity index (χ0n) is 10.2. The van der Waals surface area contributed by atoms with Crippen molar-refractivity contribution in [2.24, 2.45) is 0 Å². The van der Waals surface area contributed by atoms with Crippen molar-refractivity contribution in [2.45, 2.75) is 6.92 Å². The van der Waals surface area contributed by atoms with E-state index in [2.05, 4.69) is 10.1 Å². The Morgan fingerprint density at radius 3 is 2.74 bits per heavy atom. The van der Waals surface area contributed by atoms with E-state index in [0.29, 0.717) is 0 Å². The van der Waals surface area contributed by atoms with Gasteiger partial charge in [0.2, 0.25) is 5.91 Å². The van der Waals surface area contributed by atoms with Crippen molar-refractivity contribution < 1.29 is 23.1 Å². The van der Waals surface area contributed by atoms with E-state index in [1.54, 1.807) is 6.92 Å². The summed E-state index contributed by atoms with van der Waals surface area (Å²) in [6.07, 6.45) is 0. The van der Waals surface area contributed by atoms with E-state index < -0.39 is 23.5 Å². The number of halogens is 2. The molecule has 1 aromatic rings. The van der Waals surface area contributed by atoms with Gasteiger partial charge in [-0.1, -0.05) is 0 Å². The van der Waals surface area contributed by atoms with Gasteiger partial charge in [-0.15, -0.1) is 11.8 Å². The van der Waals surface area contributed by atoms with Gasteiger partial charge in [0.05, 0.1) is 23.8 Å². The smallest absolute Gasteiger partial charge is 0.315 e. The van der Waals surface area contributed by atoms with Crippen LogP contribution < -0.4 is 5.32 Å². The topological polar surface area (TPSA) is 55.4 Å². The molecule has 0 aromatic heterocycles. The molecule has 0 fully saturated rings. The third kappa shape index (κ3) is 5.69. The molecular formula is C12H13F2NO3S. The predicted octanol–water partition coefficient (Wildman–Crippen LogP) is 2.20. The molecule has 0 aliphatic heterocycles. The Labute approximate surface area is 113 Å². The fraction of sp³-hybridized carbons (Fsp3) is 0.333. The highest BCUT2D eigenvalue weighted by atomic mass is 32.2. The number of rotatable bonds is 6. The fourth-order valence-electron chi connectivity index (χ4n) is 1.21. The lowest BCUT2D eigenvalue weighted by Gasteiger charge is -2.06. The second-order valence-corrected chi connectivity index (χ2v) is 4.46. The second-order valence-electron chi connectivity index (χ2n) is 3.47. The molecular weight excluding hydrogens is 276 g/mol. The number of ether oxygens (including phenoxy) is 1. The number of carbonyl (C=O) groups is 2. The average molecular weight is 289 g/mol. The van der Waals surface area contributed by atoms with E-state index in [1.807, 2.05) is 0 Å². The molecule has 1 N–H and O–H groups in total. The lowest BCUT2D eigenvalue weighted by molar-refractivity contribution is -0.139. The van der Waals surface area contributed by atoms with Crippen LogP contribution in [0.1, 0.15) is 6.92 Å². The van der Waals surface area contributed by atoms with Gasteiger partial charge in [0.1, 0.15) is 11.6 Å². The Morgan fingerprint density at radius 2 is 2.05 bits per heavy atom. The van der Waals surface area contributed by atoms with Crippen LogP contribution in [0.15, 0.2) is 18.2 Å². The number of amides is 1. The molecule has 0 aliphatic carbocycles. The third-order valence-electron chi connectivity index (χ3n) is 1.96. The van der Waals surface area contributed by atoms with Gasteiger partial charge in [-0.2, -0.15) is 0 Å². The number of benzene rings is 1. The zero-order valence-corrected chi connectivity index (χ0v) is 11.1. The maximum Gasteiger partial charge on any atom is 0.315 e. The quantitative estimate of drug-likeness (QED) is 0.816. The second kappa shape index (κ2) is 7.73. The van der Waals surface area contributed by atoms with Crippen molar-refractivity contribution in [3.8, 4) is 0 Å². The third-order valence-corrected chi connectivity index (χ3v) is 2.87. The minimum absolute atomic E-state index is 0.0346. The first-order chi connectivity index (χ1) is 9.02. The van der Waals surface area contributed by atoms with Gasteiger partial charge < -0.3 is 10.1 Å². The van der Waals surface area contributed by atoms with Crippen LogP contribution in [-0.4, -0.2) is 30.0 Å². The van der Waals surface area contributed by atoms with E-state index in [0.717, 1.165) is 30.0 Å². The molecule has 0 radical (unpaired) electrons. The molecule has 4 nitrogen and oxygen atoms in total. The molecule has 0 heterocycles. The van der Waals surface area contributed by atoms with E-state index in [9.17, 15) is 18.4 Å². The summed E-state index contributed by atoms with van der Waals surface area (Å²) in [4.78, 5) is 22.4. The van der Waals surface area contributed by atoms with E-state index in [1.165, 1.54) is 0 Å². The van der Waals surface area contributed by atoms with Gasteiger partial charge in [-0.3, -0.25) is 9.59 Å². The first kappa shape index (κ1) is 15.4. The van der Waals surface area contributed by atoms with Crippen LogP contribution in [-0.2, 0) is 14.3 Å². The van der Waals surface area contributed by atoms with Crippen molar-refractivity contribution in [1.82, 2.24) is 0 Å². The molecule has 0 saturated carbocycles. The summed E-state index contributed by atoms with van der Waals surface area (Å²) < 4.78 is 30.8. The Bertz CT molecular complexity index is 468. The van der Waals surface area contributed by atoms with E-state index >= 15 is 0 Å². The molecule has 0 saturated heterocycles. The number of esters is 1. The molecule has 0 atom stereocenters. The van der Waals surface area contributed by atoms with Crippen molar-refractivity contribution in [3.63, 3.8) is 0 Å². The molecule has 0 spiro atoms. The maximum atomic E-state index is 13.2. The Balaban J connectivity index is 2.39. The molecule has 1 aromatic carbocycles. The predicted molar refractivity (Wildman–Crippen MR) is 68.9 cm³/mol. The number of carbonyl (C=O) groups excluding carboxylic acids is 2. The highest BCUT2D eigenvalue weighted by Crippen LogP contribution is 2.15. The fourth-order valence-corrected chi connectivity index (χ4v) is 1.82. The van der Waals surface area contributed by atoms with Gasteiger partial charge in [-0.05, 0) is 19.1 Å². The minimum atomic E-state index is -0.717. The van der Waals surface area contributed by atoms with E-state index in [4.69, 9.17) is 0 Å². The maximum absolute atomic E-state index is 13.2. The van der Waals surface area contributed by atoms with Crippen LogP contribution in [0.25, 0.3) is 0 Å². The van der Waals surface area contributed by atoms with Crippen molar-refractivity contribution >= 4 is 29.3 Å². The lowest BCUT2D eigenvalue weighted by atomic mass is 10.3. The average Bonchev–Trinajstić information content (AvgIpc) is 2.34. The zero-order chi connectivity index (χ0) is 14.3. The number of hydrogen-bond acceptors (Lipinski definition) is 4. The molecule has 0 aliphatic rings. The number of anilines is 1. The van der Waals surface area contributed by atoms with Gasteiger partial charge in [-0.25, -0.2) is 8.78 Å². The Morgan fingerprint density at radius 1 is 1.32 bits per heavy atom. The van der Waals surface area contributed by atoms with Gasteiger partial charge in [0.25, 0.3) is 0 Å². The summed E-state index contributed by atoms with van der Waals surface area (Å²) in [7, 11) is 0. The lowest BCUT2D eigenvalue weighted by Crippen LogP contribution is -2.17. The van der Waals surface area contributed by atoms with E-state index in [-0.39, 0.29) is 23.8 Å². The Hall–Kier alpha value is -1.63. The highest BCUT2D eigenvalue weighted by molar-refractivity contribution is 8.00. The van der Waals surface area contributed by atoms with Crippen LogP contribution >= 0.6 is 11.8 Å². The summed E-state index contributed by atoms with van der Waals surface area (Å²) in [6.45, 7) is 1.96. The van der Waals surface area contributed by atoms with Gasteiger partial charge in [0.15, 0.2) is 0 Å². The summed E-state index contributed by atoms with van der Waals surface area (Å²) in [6, 6.07) is 2.78. The Kier molecular flexibility index (Phi) is 6.27. The van der Waals surface area contributed by atoms with Crippen LogP contribution in [0, 0.1) is 11.6 Å². The van der Waals surface area contributed by atoms with Crippen LogP contribution in [0.2, 0.25) is 0 Å². The SMILES string of the molecule is CCOC(=O)CSCC(=O)Nc1cc(F)ccc1F. The van der Waals surface area contributed by atoms with Crippen LogP contribution in [0.5, 0.6) is 0 Å². The normalized spacial score (nSPS) is 10.1. The molecule has 7 heteroatoms. The van der Waals surface area contributed by atoms with Crippen molar-refractivity contribution in [1.29, 1.82) is 0 Å². The van der Waals surface area contributed by atoms with Crippen LogP contribution in [0.3, 0.4) is 0 Å². The monoisotopic (exact) mass is 289 g/mol. The standard InChI is InChI=1S/C12H13F2NO3S/c1-2-18-12(17)7-19-6-11(16)15-10-5-8(13)3-4-9(10)14/h3-5H,2,6-7H2,1H3,(H,15,16). The summed E-state index contributed by atoms with van der Waals surface area (Å²) in [5.74, 6) is -2.31. The summed E-state index contributed by atoms with van der Waals surface area (Å²) >= 11 is 1.04. The number of thioether (sulfide) groups is 1. The number of hydrogen-bond donors (Lipinski definition) is 1. The van der Waals surface area contributed by atoms with Gasteiger partial charge >= 0.3 is 5.97 Å². The molecule has 19 heavy (non-hydrogen) atoms. The molecule has 0 bridgehead atoms. The van der Waals surface area contributed by atoms with Crippen LogP contribution in [0.4, 0.5) is 14.5 Å². The first-order valence-corrected chi connectivity index (χ1v) is 6.66. The molecule has 1 amide bonds. The molecule has 0 unspecified atom stereocenters. The summed E-state index contributed by atoms with van der Waals surface area (Å²) in [5, 5.41) is 2.23. The first-order valence-electron chi connectivity index (χ1n) is 5.51. The van der Waals surface area contributed by atoms with Crippen molar-refractivity contribution in [2.75, 3.05) is 23.4 Å². The van der Waals surface area contributed by atoms with Crippen molar-refractivity contribution in [3.05, 3.63) is 29.8 Å². The minimum Gasteiger partial charge on any atom is -0.465 e. The largest absolute Gasteiger partial charge is 0.465 e. The summed E-state index contributed by atoms with van der Waals surface area (Å²) in [5.41, 5.74) is -0.221. The molecule has 1 rings (SSSR count). The number of nitrogens with one attached hydrogen (secondary N) is 1.